The molecule has 1 heterocycles. The van der Waals surface area contributed by atoms with Gasteiger partial charge in [-0.1, -0.05) is 29.3 Å². The molecule has 1 aromatic carbocycles. The maximum absolute atomic E-state index is 10.9. The van der Waals surface area contributed by atoms with Crippen molar-refractivity contribution in [1.82, 2.24) is 9.55 Å². The fourth-order valence-corrected chi connectivity index (χ4v) is 2.07. The van der Waals surface area contributed by atoms with Crippen molar-refractivity contribution in [3.05, 3.63) is 40.1 Å². The average Bonchev–Trinajstić information content (AvgIpc) is 2.66. The Morgan fingerprint density at radius 1 is 1.33 bits per heavy atom. The van der Waals surface area contributed by atoms with E-state index in [2.05, 4.69) is 4.98 Å². The second-order valence-electron chi connectivity index (χ2n) is 3.92. The van der Waals surface area contributed by atoms with Crippen molar-refractivity contribution < 1.29 is 4.79 Å². The molecule has 4 nitrogen and oxygen atoms in total. The third kappa shape index (κ3) is 2.21. The maximum Gasteiger partial charge on any atom is 0.211 e. The third-order valence-corrected chi connectivity index (χ3v) is 3.00. The molecular weight excluding hydrogens is 273 g/mol. The van der Waals surface area contributed by atoms with Gasteiger partial charge in [-0.15, -0.1) is 0 Å². The van der Waals surface area contributed by atoms with Crippen molar-refractivity contribution in [2.24, 2.45) is 0 Å². The molecule has 2 rings (SSSR count). The first-order valence-corrected chi connectivity index (χ1v) is 5.97. The van der Waals surface area contributed by atoms with E-state index in [0.717, 1.165) is 5.69 Å². The summed E-state index contributed by atoms with van der Waals surface area (Å²) in [5, 5.41) is 0.866. The van der Waals surface area contributed by atoms with E-state index < -0.39 is 0 Å². The molecule has 6 heteroatoms. The van der Waals surface area contributed by atoms with Gasteiger partial charge in [-0.25, -0.2) is 4.98 Å². The number of carbonyl (C=O) groups is 1. The first-order chi connectivity index (χ1) is 8.54. The van der Waals surface area contributed by atoms with Crippen molar-refractivity contribution >= 4 is 35.4 Å². The van der Waals surface area contributed by atoms with Gasteiger partial charge in [-0.2, -0.15) is 0 Å². The van der Waals surface area contributed by atoms with Crippen LogP contribution in [0.5, 0.6) is 0 Å². The van der Waals surface area contributed by atoms with Crippen LogP contribution in [0.4, 0.5) is 5.95 Å². The molecular formula is C12H11Cl2N3O. The van der Waals surface area contributed by atoms with Gasteiger partial charge in [0.25, 0.3) is 0 Å². The van der Waals surface area contributed by atoms with Gasteiger partial charge in [0.2, 0.25) is 5.95 Å². The summed E-state index contributed by atoms with van der Waals surface area (Å²) in [5.41, 5.74) is 0.970. The highest BCUT2D eigenvalue weighted by molar-refractivity contribution is 6.32. The van der Waals surface area contributed by atoms with E-state index in [1.165, 1.54) is 0 Å². The molecule has 18 heavy (non-hydrogen) atoms. The van der Waals surface area contributed by atoms with Crippen molar-refractivity contribution in [2.75, 3.05) is 19.0 Å². The van der Waals surface area contributed by atoms with Gasteiger partial charge in [0, 0.05) is 19.1 Å². The summed E-state index contributed by atoms with van der Waals surface area (Å²) < 4.78 is 1.68. The van der Waals surface area contributed by atoms with E-state index in [-0.39, 0.29) is 10.8 Å². The summed E-state index contributed by atoms with van der Waals surface area (Å²) >= 11 is 12.1. The number of aromatic nitrogens is 2. The molecule has 0 unspecified atom stereocenters. The minimum Gasteiger partial charge on any atom is -0.348 e. The largest absolute Gasteiger partial charge is 0.348 e. The zero-order valence-corrected chi connectivity index (χ0v) is 11.4. The van der Waals surface area contributed by atoms with Gasteiger partial charge in [0.15, 0.2) is 6.29 Å². The SMILES string of the molecule is CN(C)c1nc(C=O)c(Cl)n1-c1cccc(Cl)c1. The summed E-state index contributed by atoms with van der Waals surface area (Å²) in [6, 6.07) is 7.19. The van der Waals surface area contributed by atoms with E-state index >= 15 is 0 Å². The number of aldehydes is 1. The molecule has 0 saturated carbocycles. The molecule has 0 atom stereocenters. The number of imidazole rings is 1. The molecule has 0 amide bonds. The summed E-state index contributed by atoms with van der Waals surface area (Å²) in [6.45, 7) is 0. The van der Waals surface area contributed by atoms with Crippen LogP contribution in [0.25, 0.3) is 5.69 Å². The van der Waals surface area contributed by atoms with Crippen molar-refractivity contribution in [3.63, 3.8) is 0 Å². The average molecular weight is 284 g/mol. The zero-order valence-electron chi connectivity index (χ0n) is 9.89. The molecule has 0 aliphatic heterocycles. The van der Waals surface area contributed by atoms with Gasteiger partial charge >= 0.3 is 0 Å². The van der Waals surface area contributed by atoms with Crippen LogP contribution in [-0.2, 0) is 0 Å². The van der Waals surface area contributed by atoms with Crippen LogP contribution in [0.15, 0.2) is 24.3 Å². The predicted octanol–water partition coefficient (Wildman–Crippen LogP) is 3.06. The Balaban J connectivity index is 2.69. The highest BCUT2D eigenvalue weighted by Crippen LogP contribution is 2.28. The number of hydrogen-bond acceptors (Lipinski definition) is 3. The van der Waals surface area contributed by atoms with E-state index in [4.69, 9.17) is 23.2 Å². The van der Waals surface area contributed by atoms with Crippen LogP contribution in [0, 0.1) is 0 Å². The quantitative estimate of drug-likeness (QED) is 0.813. The molecule has 2 aromatic rings. The molecule has 0 N–H and O–H groups in total. The Bertz CT molecular complexity index is 593. The molecule has 0 saturated heterocycles. The molecule has 0 bridgehead atoms. The standard InChI is InChI=1S/C12H11Cl2N3O/c1-16(2)12-15-10(7-18)11(14)17(12)9-5-3-4-8(13)6-9/h3-7H,1-2H3. The van der Waals surface area contributed by atoms with Crippen LogP contribution in [0.3, 0.4) is 0 Å². The van der Waals surface area contributed by atoms with Crippen LogP contribution in [0.2, 0.25) is 10.2 Å². The smallest absolute Gasteiger partial charge is 0.211 e. The van der Waals surface area contributed by atoms with Crippen molar-refractivity contribution in [3.8, 4) is 5.69 Å². The minimum atomic E-state index is 0.209. The highest BCUT2D eigenvalue weighted by atomic mass is 35.5. The summed E-state index contributed by atoms with van der Waals surface area (Å²) in [6.07, 6.45) is 0.635. The second-order valence-corrected chi connectivity index (χ2v) is 4.71. The van der Waals surface area contributed by atoms with Crippen molar-refractivity contribution in [2.45, 2.75) is 0 Å². The monoisotopic (exact) mass is 283 g/mol. The molecule has 0 aliphatic rings. The fraction of sp³-hybridized carbons (Fsp3) is 0.167. The van der Waals surface area contributed by atoms with Gasteiger partial charge < -0.3 is 4.90 Å². The maximum atomic E-state index is 10.9. The van der Waals surface area contributed by atoms with Gasteiger partial charge in [-0.05, 0) is 18.2 Å². The minimum absolute atomic E-state index is 0.209. The van der Waals surface area contributed by atoms with Crippen molar-refractivity contribution in [1.29, 1.82) is 0 Å². The Hall–Kier alpha value is -1.52. The number of carbonyl (C=O) groups excluding carboxylic acids is 1. The van der Waals surface area contributed by atoms with Gasteiger partial charge in [0.1, 0.15) is 10.8 Å². The lowest BCUT2D eigenvalue weighted by atomic mass is 10.3. The second kappa shape index (κ2) is 5.00. The van der Waals surface area contributed by atoms with Crippen LogP contribution < -0.4 is 4.90 Å². The summed E-state index contributed by atoms with van der Waals surface area (Å²) in [5.74, 6) is 0.573. The van der Waals surface area contributed by atoms with Crippen LogP contribution in [-0.4, -0.2) is 29.9 Å². The highest BCUT2D eigenvalue weighted by Gasteiger charge is 2.17. The summed E-state index contributed by atoms with van der Waals surface area (Å²) in [7, 11) is 3.66. The molecule has 1 aromatic heterocycles. The van der Waals surface area contributed by atoms with Crippen LogP contribution >= 0.6 is 23.2 Å². The Labute approximate surface area is 115 Å². The number of rotatable bonds is 3. The number of anilines is 1. The van der Waals surface area contributed by atoms with E-state index in [1.807, 2.05) is 26.2 Å². The fourth-order valence-electron chi connectivity index (χ4n) is 1.63. The Morgan fingerprint density at radius 2 is 2.06 bits per heavy atom. The normalized spacial score (nSPS) is 10.4. The lowest BCUT2D eigenvalue weighted by Gasteiger charge is -2.15. The zero-order chi connectivity index (χ0) is 13.3. The lowest BCUT2D eigenvalue weighted by Crippen LogP contribution is -2.14. The number of hydrogen-bond donors (Lipinski definition) is 0. The first kappa shape index (κ1) is 12.9. The van der Waals surface area contributed by atoms with E-state index in [9.17, 15) is 4.79 Å². The molecule has 0 fully saturated rings. The molecule has 94 valence electrons. The Morgan fingerprint density at radius 3 is 2.61 bits per heavy atom. The number of benzene rings is 1. The molecule has 0 radical (unpaired) electrons. The lowest BCUT2D eigenvalue weighted by molar-refractivity contribution is 0.111. The molecule has 0 spiro atoms. The topological polar surface area (TPSA) is 38.1 Å². The van der Waals surface area contributed by atoms with E-state index in [1.54, 1.807) is 21.6 Å². The van der Waals surface area contributed by atoms with E-state index in [0.29, 0.717) is 17.3 Å². The third-order valence-electron chi connectivity index (χ3n) is 2.41. The van der Waals surface area contributed by atoms with Gasteiger partial charge in [0.05, 0.1) is 5.69 Å². The number of nitrogens with zero attached hydrogens (tertiary/aromatic N) is 3. The number of halogens is 2. The Kier molecular flexibility index (Phi) is 3.59. The predicted molar refractivity (Wildman–Crippen MR) is 73.3 cm³/mol. The van der Waals surface area contributed by atoms with Gasteiger partial charge in [-0.3, -0.25) is 9.36 Å². The molecule has 0 aliphatic carbocycles. The first-order valence-electron chi connectivity index (χ1n) is 5.21. The summed E-state index contributed by atoms with van der Waals surface area (Å²) in [4.78, 5) is 16.9. The van der Waals surface area contributed by atoms with Crippen LogP contribution in [0.1, 0.15) is 10.5 Å².